The van der Waals surface area contributed by atoms with Crippen molar-refractivity contribution in [1.82, 2.24) is 0 Å². The molecular weight excluding hydrogens is 144 g/mol. The maximum atomic E-state index is 10.9. The fourth-order valence-electron chi connectivity index (χ4n) is 0.466. The summed E-state index contributed by atoms with van der Waals surface area (Å²) in [4.78, 5) is 10.9. The Balaban J connectivity index is 3.68. The van der Waals surface area contributed by atoms with Crippen molar-refractivity contribution in [3.63, 3.8) is 0 Å². The Morgan fingerprint density at radius 2 is 2.00 bits per heavy atom. The third-order valence-electron chi connectivity index (χ3n) is 1.54. The summed E-state index contributed by atoms with van der Waals surface area (Å²) in [5.41, 5.74) is 0. The summed E-state index contributed by atoms with van der Waals surface area (Å²) >= 11 is 0. The van der Waals surface area contributed by atoms with Crippen molar-refractivity contribution in [3.8, 4) is 0 Å². The molecule has 0 aliphatic rings. The Labute approximate surface area is 67.4 Å². The van der Waals surface area contributed by atoms with Crippen molar-refractivity contribution in [2.45, 2.75) is 33.3 Å². The van der Waals surface area contributed by atoms with Crippen molar-refractivity contribution >= 4 is 5.97 Å². The molecule has 0 saturated heterocycles. The van der Waals surface area contributed by atoms with Gasteiger partial charge in [-0.1, -0.05) is 6.92 Å². The topological polar surface area (TPSA) is 46.2 Å². The standard InChI is InChI=1S/C8H15O3/c1-4-7(3)11-8(10)6(2)5-9/h6-7H,4-5H2,1-3H3. The van der Waals surface area contributed by atoms with E-state index in [0.29, 0.717) is 0 Å². The predicted molar refractivity (Wildman–Crippen MR) is 40.6 cm³/mol. The fraction of sp³-hybridized carbons (Fsp3) is 0.875. The van der Waals surface area contributed by atoms with Gasteiger partial charge in [-0.25, -0.2) is 5.11 Å². The van der Waals surface area contributed by atoms with Crippen LogP contribution < -0.4 is 0 Å². The molecule has 0 heterocycles. The Morgan fingerprint density at radius 3 is 2.36 bits per heavy atom. The molecule has 0 amide bonds. The number of rotatable bonds is 4. The summed E-state index contributed by atoms with van der Waals surface area (Å²) in [6.07, 6.45) is 0.716. The second-order valence-electron chi connectivity index (χ2n) is 2.72. The largest absolute Gasteiger partial charge is 0.462 e. The zero-order valence-electron chi connectivity index (χ0n) is 7.29. The van der Waals surface area contributed by atoms with Crippen LogP contribution in [0, 0.1) is 5.92 Å². The molecule has 0 fully saturated rings. The van der Waals surface area contributed by atoms with Gasteiger partial charge in [0.2, 0.25) is 0 Å². The second-order valence-corrected chi connectivity index (χ2v) is 2.72. The molecule has 1 radical (unpaired) electrons. The number of hydrogen-bond donors (Lipinski definition) is 0. The molecule has 2 atom stereocenters. The minimum atomic E-state index is -0.510. The molecule has 0 aliphatic carbocycles. The predicted octanol–water partition coefficient (Wildman–Crippen LogP) is 1.39. The van der Waals surface area contributed by atoms with E-state index in [1.54, 1.807) is 6.92 Å². The van der Waals surface area contributed by atoms with Gasteiger partial charge in [-0.05, 0) is 20.3 Å². The summed E-state index contributed by atoms with van der Waals surface area (Å²) in [6, 6.07) is 0. The Hall–Kier alpha value is -0.570. The molecule has 0 saturated carbocycles. The number of carbonyl (C=O) groups is 1. The van der Waals surface area contributed by atoms with Gasteiger partial charge in [0.25, 0.3) is 0 Å². The van der Waals surface area contributed by atoms with Gasteiger partial charge in [0.15, 0.2) is 0 Å². The summed E-state index contributed by atoms with van der Waals surface area (Å²) < 4.78 is 4.91. The van der Waals surface area contributed by atoms with Gasteiger partial charge >= 0.3 is 5.97 Å². The van der Waals surface area contributed by atoms with Gasteiger partial charge in [0.1, 0.15) is 0 Å². The van der Waals surface area contributed by atoms with E-state index in [0.717, 1.165) is 6.42 Å². The molecular formula is C8H15O3. The third kappa shape index (κ3) is 3.98. The van der Waals surface area contributed by atoms with Crippen molar-refractivity contribution in [3.05, 3.63) is 0 Å². The highest BCUT2D eigenvalue weighted by atomic mass is 16.5. The van der Waals surface area contributed by atoms with Crippen LogP contribution in [-0.4, -0.2) is 18.7 Å². The molecule has 11 heavy (non-hydrogen) atoms. The summed E-state index contributed by atoms with van der Waals surface area (Å²) in [7, 11) is 0. The monoisotopic (exact) mass is 159 g/mol. The maximum absolute atomic E-state index is 10.9. The van der Waals surface area contributed by atoms with Crippen LogP contribution in [0.15, 0.2) is 0 Å². The zero-order valence-corrected chi connectivity index (χ0v) is 7.29. The van der Waals surface area contributed by atoms with Crippen LogP contribution >= 0.6 is 0 Å². The molecule has 0 rings (SSSR count). The van der Waals surface area contributed by atoms with Crippen LogP contribution in [0.4, 0.5) is 0 Å². The summed E-state index contributed by atoms with van der Waals surface area (Å²) in [6.45, 7) is 4.93. The molecule has 3 nitrogen and oxygen atoms in total. The quantitative estimate of drug-likeness (QED) is 0.582. The van der Waals surface area contributed by atoms with E-state index in [1.165, 1.54) is 0 Å². The minimum Gasteiger partial charge on any atom is -0.462 e. The fourth-order valence-corrected chi connectivity index (χ4v) is 0.466. The maximum Gasteiger partial charge on any atom is 0.311 e. The molecule has 3 heteroatoms. The highest BCUT2D eigenvalue weighted by molar-refractivity contribution is 5.72. The van der Waals surface area contributed by atoms with Crippen molar-refractivity contribution in [2.24, 2.45) is 5.92 Å². The highest BCUT2D eigenvalue weighted by Gasteiger charge is 2.15. The summed E-state index contributed by atoms with van der Waals surface area (Å²) in [5.74, 6) is -0.890. The average molecular weight is 159 g/mol. The average Bonchev–Trinajstić information content (AvgIpc) is 2.02. The van der Waals surface area contributed by atoms with Gasteiger partial charge < -0.3 is 4.74 Å². The molecule has 0 spiro atoms. The zero-order chi connectivity index (χ0) is 8.85. The van der Waals surface area contributed by atoms with Crippen LogP contribution in [0.5, 0.6) is 0 Å². The lowest BCUT2D eigenvalue weighted by Crippen LogP contribution is -2.22. The SMILES string of the molecule is CCC(C)OC(=O)C(C)C[O]. The Bertz CT molecular complexity index is 123. The van der Waals surface area contributed by atoms with E-state index in [9.17, 15) is 9.90 Å². The lowest BCUT2D eigenvalue weighted by molar-refractivity contribution is -0.154. The van der Waals surface area contributed by atoms with Gasteiger partial charge in [-0.2, -0.15) is 0 Å². The first-order valence-corrected chi connectivity index (χ1v) is 3.90. The van der Waals surface area contributed by atoms with E-state index < -0.39 is 12.5 Å². The Kier molecular flexibility index (Phi) is 4.86. The van der Waals surface area contributed by atoms with Crippen molar-refractivity contribution in [2.75, 3.05) is 6.61 Å². The van der Waals surface area contributed by atoms with Gasteiger partial charge in [-0.3, -0.25) is 4.79 Å². The molecule has 0 bridgehead atoms. The lowest BCUT2D eigenvalue weighted by Gasteiger charge is -2.12. The van der Waals surface area contributed by atoms with Crippen LogP contribution in [0.2, 0.25) is 0 Å². The molecule has 0 aromatic carbocycles. The second kappa shape index (κ2) is 5.13. The Morgan fingerprint density at radius 1 is 1.45 bits per heavy atom. The normalized spacial score (nSPS) is 15.6. The molecule has 0 aliphatic heterocycles. The number of esters is 1. The number of carbonyl (C=O) groups excluding carboxylic acids is 1. The van der Waals surface area contributed by atoms with Crippen LogP contribution in [0.1, 0.15) is 27.2 Å². The first-order valence-electron chi connectivity index (χ1n) is 3.90. The van der Waals surface area contributed by atoms with E-state index in [4.69, 9.17) is 4.74 Å². The van der Waals surface area contributed by atoms with E-state index in [2.05, 4.69) is 0 Å². The number of ether oxygens (including phenoxy) is 1. The highest BCUT2D eigenvalue weighted by Crippen LogP contribution is 2.02. The van der Waals surface area contributed by atoms with Crippen LogP contribution in [0.25, 0.3) is 0 Å². The van der Waals surface area contributed by atoms with Gasteiger partial charge in [-0.15, -0.1) is 0 Å². The van der Waals surface area contributed by atoms with Crippen LogP contribution in [-0.2, 0) is 14.6 Å². The van der Waals surface area contributed by atoms with Crippen LogP contribution in [0.3, 0.4) is 0 Å². The van der Waals surface area contributed by atoms with E-state index >= 15 is 0 Å². The minimum absolute atomic E-state index is 0.0727. The van der Waals surface area contributed by atoms with E-state index in [1.807, 2.05) is 13.8 Å². The van der Waals surface area contributed by atoms with E-state index in [-0.39, 0.29) is 12.1 Å². The lowest BCUT2D eigenvalue weighted by atomic mass is 10.2. The van der Waals surface area contributed by atoms with Crippen molar-refractivity contribution < 1.29 is 14.6 Å². The molecule has 2 unspecified atom stereocenters. The third-order valence-corrected chi connectivity index (χ3v) is 1.54. The summed E-state index contributed by atoms with van der Waals surface area (Å²) in [5, 5.41) is 10.2. The smallest absolute Gasteiger partial charge is 0.311 e. The number of hydrogen-bond acceptors (Lipinski definition) is 2. The van der Waals surface area contributed by atoms with Gasteiger partial charge in [0.05, 0.1) is 18.6 Å². The van der Waals surface area contributed by atoms with Gasteiger partial charge in [0, 0.05) is 0 Å². The molecule has 65 valence electrons. The molecule has 0 aromatic rings. The van der Waals surface area contributed by atoms with Crippen molar-refractivity contribution in [1.29, 1.82) is 0 Å². The molecule has 0 N–H and O–H groups in total. The molecule has 0 aromatic heterocycles. The first-order chi connectivity index (χ1) is 5.11. The first kappa shape index (κ1) is 10.4.